The maximum atomic E-state index is 11.5. The summed E-state index contributed by atoms with van der Waals surface area (Å²) in [6.45, 7) is 3.47. The first-order chi connectivity index (χ1) is 14.6. The number of amides is 1. The van der Waals surface area contributed by atoms with Crippen LogP contribution in [0, 0.1) is 0 Å². The summed E-state index contributed by atoms with van der Waals surface area (Å²) in [6.07, 6.45) is 2.62. The highest BCUT2D eigenvalue weighted by Gasteiger charge is 2.21. The molecule has 2 aromatic carbocycles. The maximum Gasteiger partial charge on any atom is 0.247 e. The lowest BCUT2D eigenvalue weighted by atomic mass is 10.0. The van der Waals surface area contributed by atoms with Crippen molar-refractivity contribution in [3.63, 3.8) is 0 Å². The molecule has 0 aliphatic heterocycles. The molecule has 0 unspecified atom stereocenters. The topological polar surface area (TPSA) is 98.2 Å². The van der Waals surface area contributed by atoms with Crippen LogP contribution in [0.25, 0.3) is 37.3 Å². The number of aromatic nitrogens is 4. The van der Waals surface area contributed by atoms with Crippen LogP contribution in [0.4, 0.5) is 11.5 Å². The van der Waals surface area contributed by atoms with Gasteiger partial charge in [0.15, 0.2) is 5.82 Å². The Bertz CT molecular complexity index is 1380. The summed E-state index contributed by atoms with van der Waals surface area (Å²) in [4.78, 5) is 16.7. The smallest absolute Gasteiger partial charge is 0.247 e. The monoisotopic (exact) mass is 412 g/mol. The first-order valence-electron chi connectivity index (χ1n) is 9.16. The van der Waals surface area contributed by atoms with Crippen LogP contribution in [-0.2, 0) is 4.79 Å². The van der Waals surface area contributed by atoms with Crippen LogP contribution in [0.2, 0.25) is 0 Å². The third-order valence-corrected chi connectivity index (χ3v) is 5.89. The van der Waals surface area contributed by atoms with Crippen molar-refractivity contribution in [1.29, 1.82) is 0 Å². The van der Waals surface area contributed by atoms with Gasteiger partial charge in [-0.3, -0.25) is 4.79 Å². The van der Waals surface area contributed by atoms with Crippen LogP contribution in [-0.4, -0.2) is 25.7 Å². The lowest BCUT2D eigenvalue weighted by molar-refractivity contribution is -0.111. The quantitative estimate of drug-likeness (QED) is 0.427. The van der Waals surface area contributed by atoms with Gasteiger partial charge in [0.2, 0.25) is 5.91 Å². The standard InChI is InChI=1S/C22H16N6OS/c1-2-18(29)26-15-9-7-13(8-10-15)20-19(21-22(23)24-12-25-28(21)27-20)17-11-14-5-3-4-6-16(14)30-17/h2-12H,1H2,(H,26,29)(H2,23,24,25). The fourth-order valence-electron chi connectivity index (χ4n) is 3.36. The van der Waals surface area contributed by atoms with Crippen LogP contribution in [0.5, 0.6) is 0 Å². The molecule has 1 amide bonds. The van der Waals surface area contributed by atoms with E-state index in [1.165, 1.54) is 21.7 Å². The fourth-order valence-corrected chi connectivity index (χ4v) is 4.47. The third-order valence-electron chi connectivity index (χ3n) is 4.75. The van der Waals surface area contributed by atoms with Gasteiger partial charge in [0.05, 0.1) is 5.56 Å². The van der Waals surface area contributed by atoms with Crippen molar-refractivity contribution < 1.29 is 4.79 Å². The highest BCUT2D eigenvalue weighted by atomic mass is 32.1. The molecule has 30 heavy (non-hydrogen) atoms. The predicted molar refractivity (Wildman–Crippen MR) is 120 cm³/mol. The second-order valence-electron chi connectivity index (χ2n) is 6.63. The number of hydrogen-bond donors (Lipinski definition) is 2. The number of carbonyl (C=O) groups is 1. The zero-order valence-corrected chi connectivity index (χ0v) is 16.6. The van der Waals surface area contributed by atoms with Gasteiger partial charge in [-0.1, -0.05) is 36.9 Å². The molecule has 0 aliphatic carbocycles. The molecule has 0 fully saturated rings. The summed E-state index contributed by atoms with van der Waals surface area (Å²) in [5.74, 6) is 0.107. The summed E-state index contributed by atoms with van der Waals surface area (Å²) >= 11 is 1.67. The van der Waals surface area contributed by atoms with Gasteiger partial charge < -0.3 is 11.1 Å². The highest BCUT2D eigenvalue weighted by molar-refractivity contribution is 7.22. The van der Waals surface area contributed by atoms with Gasteiger partial charge in [-0.15, -0.1) is 26.2 Å². The number of anilines is 2. The Balaban J connectivity index is 1.70. The molecule has 0 aliphatic rings. The van der Waals surface area contributed by atoms with E-state index in [9.17, 15) is 4.79 Å². The Morgan fingerprint density at radius 3 is 2.73 bits per heavy atom. The molecule has 0 radical (unpaired) electrons. The van der Waals surface area contributed by atoms with Crippen LogP contribution in [0.3, 0.4) is 0 Å². The Labute approximate surface area is 175 Å². The molecule has 5 rings (SSSR count). The minimum absolute atomic E-state index is 0.260. The highest BCUT2D eigenvalue weighted by Crippen LogP contribution is 2.42. The molecule has 3 N–H and O–H groups in total. The average molecular weight is 412 g/mol. The molecule has 146 valence electrons. The van der Waals surface area contributed by atoms with Gasteiger partial charge >= 0.3 is 0 Å². The van der Waals surface area contributed by atoms with Gasteiger partial charge in [-0.05, 0) is 35.7 Å². The van der Waals surface area contributed by atoms with Crippen LogP contribution in [0.1, 0.15) is 0 Å². The van der Waals surface area contributed by atoms with E-state index in [-0.39, 0.29) is 5.91 Å². The van der Waals surface area contributed by atoms with Crippen molar-refractivity contribution in [3.8, 4) is 21.7 Å². The number of hydrogen-bond acceptors (Lipinski definition) is 6. The Morgan fingerprint density at radius 2 is 1.97 bits per heavy atom. The molecule has 0 spiro atoms. The van der Waals surface area contributed by atoms with E-state index < -0.39 is 0 Å². The molecule has 0 bridgehead atoms. The average Bonchev–Trinajstić information content (AvgIpc) is 3.36. The summed E-state index contributed by atoms with van der Waals surface area (Å²) in [6, 6.07) is 17.8. The number of carbonyl (C=O) groups excluding carboxylic acids is 1. The second kappa shape index (κ2) is 7.09. The van der Waals surface area contributed by atoms with Gasteiger partial charge in [0.25, 0.3) is 0 Å². The van der Waals surface area contributed by atoms with E-state index in [2.05, 4.69) is 45.3 Å². The summed E-state index contributed by atoms with van der Waals surface area (Å²) in [7, 11) is 0. The van der Waals surface area contributed by atoms with Crippen LogP contribution < -0.4 is 11.1 Å². The normalized spacial score (nSPS) is 11.1. The number of thiophene rings is 1. The molecule has 8 heteroatoms. The van der Waals surface area contributed by atoms with Gasteiger partial charge in [-0.2, -0.15) is 0 Å². The molecule has 7 nitrogen and oxygen atoms in total. The number of benzene rings is 2. The number of nitrogens with one attached hydrogen (secondary N) is 1. The van der Waals surface area contributed by atoms with E-state index in [0.717, 1.165) is 27.1 Å². The number of nitrogens with two attached hydrogens (primary N) is 1. The first kappa shape index (κ1) is 18.0. The van der Waals surface area contributed by atoms with Crippen molar-refractivity contribution in [2.75, 3.05) is 11.1 Å². The van der Waals surface area contributed by atoms with E-state index in [4.69, 9.17) is 5.73 Å². The second-order valence-corrected chi connectivity index (χ2v) is 7.71. The summed E-state index contributed by atoms with van der Waals surface area (Å²) in [5, 5.41) is 12.8. The number of rotatable bonds is 4. The van der Waals surface area contributed by atoms with Crippen molar-refractivity contribution in [3.05, 3.63) is 73.6 Å². The van der Waals surface area contributed by atoms with Crippen molar-refractivity contribution in [2.45, 2.75) is 0 Å². The van der Waals surface area contributed by atoms with Gasteiger partial charge in [0, 0.05) is 20.8 Å². The molecule has 0 saturated carbocycles. The Hall–Kier alpha value is -4.04. The van der Waals surface area contributed by atoms with Gasteiger partial charge in [0.1, 0.15) is 17.5 Å². The van der Waals surface area contributed by atoms with E-state index >= 15 is 0 Å². The van der Waals surface area contributed by atoms with E-state index in [0.29, 0.717) is 17.0 Å². The third kappa shape index (κ3) is 2.99. The molecular weight excluding hydrogens is 396 g/mol. The molecular formula is C22H16N6OS. The zero-order chi connectivity index (χ0) is 20.7. The number of nitrogen functional groups attached to an aromatic ring is 1. The maximum absolute atomic E-state index is 11.5. The molecule has 5 aromatic rings. The lowest BCUT2D eigenvalue weighted by Gasteiger charge is -2.05. The van der Waals surface area contributed by atoms with Crippen LogP contribution in [0.15, 0.2) is 73.6 Å². The molecule has 0 atom stereocenters. The van der Waals surface area contributed by atoms with Crippen LogP contribution >= 0.6 is 11.3 Å². The summed E-state index contributed by atoms with van der Waals surface area (Å²) in [5.41, 5.74) is 10.1. The van der Waals surface area contributed by atoms with Crippen molar-refractivity contribution >= 4 is 44.4 Å². The van der Waals surface area contributed by atoms with Gasteiger partial charge in [-0.25, -0.2) is 4.98 Å². The predicted octanol–water partition coefficient (Wildman–Crippen LogP) is 4.38. The molecule has 3 heterocycles. The fraction of sp³-hybridized carbons (Fsp3) is 0. The SMILES string of the molecule is C=CC(=O)Nc1ccc(-c2nn3ncnc(N)c3c2-c2cc3ccccc3s2)cc1. The zero-order valence-electron chi connectivity index (χ0n) is 15.7. The first-order valence-corrected chi connectivity index (χ1v) is 9.98. The number of fused-ring (bicyclic) bond motifs is 2. The Kier molecular flexibility index (Phi) is 4.26. The van der Waals surface area contributed by atoms with E-state index in [1.807, 2.05) is 36.4 Å². The molecule has 0 saturated heterocycles. The summed E-state index contributed by atoms with van der Waals surface area (Å²) < 4.78 is 2.70. The molecule has 3 aromatic heterocycles. The van der Waals surface area contributed by atoms with Crippen molar-refractivity contribution in [1.82, 2.24) is 19.8 Å². The lowest BCUT2D eigenvalue weighted by Crippen LogP contribution is -2.06. The Morgan fingerprint density at radius 1 is 1.17 bits per heavy atom. The largest absolute Gasteiger partial charge is 0.382 e. The number of nitrogens with zero attached hydrogens (tertiary/aromatic N) is 4. The van der Waals surface area contributed by atoms with E-state index in [1.54, 1.807) is 11.3 Å². The van der Waals surface area contributed by atoms with Crippen molar-refractivity contribution in [2.24, 2.45) is 0 Å². The minimum atomic E-state index is -0.260. The minimum Gasteiger partial charge on any atom is -0.382 e.